The molecule has 0 spiro atoms. The van der Waals surface area contributed by atoms with Crippen LogP contribution in [-0.4, -0.2) is 40.8 Å². The molecule has 2 rings (SSSR count). The molecule has 2 aromatic heterocycles. The van der Waals surface area contributed by atoms with Crippen molar-refractivity contribution in [3.05, 3.63) is 17.3 Å². The normalized spacial score (nSPS) is 10.7. The molecule has 6 nitrogen and oxygen atoms in total. The number of anilines is 1. The van der Waals surface area contributed by atoms with Gasteiger partial charge in [0.25, 0.3) is 0 Å². The number of nitrogens with one attached hydrogen (secondary N) is 1. The highest BCUT2D eigenvalue weighted by molar-refractivity contribution is 7.18. The third-order valence-corrected chi connectivity index (χ3v) is 3.39. The summed E-state index contributed by atoms with van der Waals surface area (Å²) in [5.41, 5.74) is 2.08. The smallest absolute Gasteiger partial charge is 0.329 e. The van der Waals surface area contributed by atoms with Gasteiger partial charge in [0.2, 0.25) is 0 Å². The number of aryl methyl sites for hydroxylation is 1. The second-order valence-corrected chi connectivity index (χ2v) is 4.57. The Labute approximate surface area is 108 Å². The van der Waals surface area contributed by atoms with E-state index < -0.39 is 5.97 Å². The lowest BCUT2D eigenvalue weighted by Crippen LogP contribution is -2.14. The molecule has 0 aliphatic heterocycles. The second kappa shape index (κ2) is 5.74. The molecule has 2 N–H and O–H groups in total. The van der Waals surface area contributed by atoms with Gasteiger partial charge in [-0.3, -0.25) is 0 Å². The molecule has 0 aliphatic carbocycles. The van der Waals surface area contributed by atoms with Crippen LogP contribution in [0.3, 0.4) is 0 Å². The summed E-state index contributed by atoms with van der Waals surface area (Å²) < 4.78 is 5.94. The van der Waals surface area contributed by atoms with Crippen molar-refractivity contribution < 1.29 is 14.6 Å². The maximum Gasteiger partial charge on any atom is 0.329 e. The van der Waals surface area contributed by atoms with Gasteiger partial charge in [0, 0.05) is 6.54 Å². The van der Waals surface area contributed by atoms with E-state index in [1.165, 1.54) is 6.33 Å². The van der Waals surface area contributed by atoms with Crippen molar-refractivity contribution >= 4 is 33.3 Å². The summed E-state index contributed by atoms with van der Waals surface area (Å²) >= 11 is 1.59. The Kier molecular flexibility index (Phi) is 4.06. The number of ether oxygens (including phenoxy) is 1. The monoisotopic (exact) mass is 267 g/mol. The molecule has 0 radical (unpaired) electrons. The molecule has 0 aliphatic rings. The van der Waals surface area contributed by atoms with E-state index in [0.29, 0.717) is 13.2 Å². The van der Waals surface area contributed by atoms with Crippen LogP contribution < -0.4 is 5.32 Å². The van der Waals surface area contributed by atoms with Crippen LogP contribution in [0.1, 0.15) is 5.56 Å². The molecule has 0 amide bonds. The van der Waals surface area contributed by atoms with E-state index in [4.69, 9.17) is 9.84 Å². The van der Waals surface area contributed by atoms with E-state index in [0.717, 1.165) is 21.6 Å². The van der Waals surface area contributed by atoms with Crippen molar-refractivity contribution in [2.24, 2.45) is 0 Å². The molecular formula is C11H13N3O3S. The molecule has 96 valence electrons. The van der Waals surface area contributed by atoms with Gasteiger partial charge in [-0.15, -0.1) is 11.3 Å². The van der Waals surface area contributed by atoms with Gasteiger partial charge in [0.05, 0.1) is 16.8 Å². The largest absolute Gasteiger partial charge is 0.480 e. The van der Waals surface area contributed by atoms with Gasteiger partial charge in [-0.1, -0.05) is 0 Å². The number of rotatable bonds is 6. The van der Waals surface area contributed by atoms with Crippen LogP contribution in [0.2, 0.25) is 0 Å². The third kappa shape index (κ3) is 2.93. The Hall–Kier alpha value is -1.73. The number of carboxylic acid groups (broad SMARTS) is 1. The van der Waals surface area contributed by atoms with Crippen molar-refractivity contribution in [2.45, 2.75) is 6.92 Å². The predicted octanol–water partition coefficient (Wildman–Crippen LogP) is 1.51. The number of thiophene rings is 1. The minimum absolute atomic E-state index is 0.279. The van der Waals surface area contributed by atoms with Crippen LogP contribution in [0.15, 0.2) is 11.7 Å². The molecule has 0 bridgehead atoms. The van der Waals surface area contributed by atoms with E-state index in [1.54, 1.807) is 11.3 Å². The summed E-state index contributed by atoms with van der Waals surface area (Å²) in [5, 5.41) is 13.6. The van der Waals surface area contributed by atoms with Gasteiger partial charge in [0.1, 0.15) is 18.8 Å². The van der Waals surface area contributed by atoms with Crippen molar-refractivity contribution in [1.82, 2.24) is 9.97 Å². The number of hydrogen-bond acceptors (Lipinski definition) is 6. The van der Waals surface area contributed by atoms with Gasteiger partial charge >= 0.3 is 5.97 Å². The Morgan fingerprint density at radius 3 is 3.17 bits per heavy atom. The summed E-state index contributed by atoms with van der Waals surface area (Å²) in [6.45, 7) is 2.56. The predicted molar refractivity (Wildman–Crippen MR) is 69.1 cm³/mol. The number of fused-ring (bicyclic) bond motifs is 1. The fourth-order valence-corrected chi connectivity index (χ4v) is 2.46. The SMILES string of the molecule is Cc1csc2c(NCCOCC(=O)O)ncnc12. The summed E-state index contributed by atoms with van der Waals surface area (Å²) in [4.78, 5) is 18.6. The zero-order chi connectivity index (χ0) is 13.0. The first-order valence-corrected chi connectivity index (χ1v) is 6.28. The van der Waals surface area contributed by atoms with Crippen molar-refractivity contribution in [2.75, 3.05) is 25.1 Å². The third-order valence-electron chi connectivity index (χ3n) is 2.30. The molecule has 18 heavy (non-hydrogen) atoms. The molecule has 0 saturated heterocycles. The van der Waals surface area contributed by atoms with Crippen LogP contribution in [0.25, 0.3) is 10.2 Å². The zero-order valence-electron chi connectivity index (χ0n) is 9.84. The highest BCUT2D eigenvalue weighted by Gasteiger charge is 2.07. The molecule has 7 heteroatoms. The molecule has 0 aromatic carbocycles. The van der Waals surface area contributed by atoms with E-state index in [2.05, 4.69) is 15.3 Å². The Morgan fingerprint density at radius 2 is 2.39 bits per heavy atom. The molecule has 2 heterocycles. The fourth-order valence-electron chi connectivity index (χ4n) is 1.50. The lowest BCUT2D eigenvalue weighted by molar-refractivity contribution is -0.142. The summed E-state index contributed by atoms with van der Waals surface area (Å²) in [5.74, 6) is -0.203. The van der Waals surface area contributed by atoms with Crippen LogP contribution in [-0.2, 0) is 9.53 Å². The number of nitrogens with zero attached hydrogens (tertiary/aromatic N) is 2. The number of aromatic nitrogens is 2. The quantitative estimate of drug-likeness (QED) is 0.772. The van der Waals surface area contributed by atoms with E-state index in [1.807, 2.05) is 12.3 Å². The van der Waals surface area contributed by atoms with E-state index in [-0.39, 0.29) is 6.61 Å². The topological polar surface area (TPSA) is 84.3 Å². The first-order chi connectivity index (χ1) is 8.68. The van der Waals surface area contributed by atoms with E-state index in [9.17, 15) is 4.79 Å². The first kappa shape index (κ1) is 12.7. The van der Waals surface area contributed by atoms with Crippen LogP contribution in [0.4, 0.5) is 5.82 Å². The molecule has 0 saturated carbocycles. The molecule has 0 unspecified atom stereocenters. The number of aliphatic carboxylic acids is 1. The van der Waals surface area contributed by atoms with Gasteiger partial charge in [0.15, 0.2) is 0 Å². The Balaban J connectivity index is 1.93. The highest BCUT2D eigenvalue weighted by atomic mass is 32.1. The first-order valence-electron chi connectivity index (χ1n) is 5.40. The Bertz CT molecular complexity index is 555. The molecule has 0 fully saturated rings. The zero-order valence-corrected chi connectivity index (χ0v) is 10.7. The van der Waals surface area contributed by atoms with Gasteiger partial charge in [-0.05, 0) is 17.9 Å². The minimum Gasteiger partial charge on any atom is -0.480 e. The van der Waals surface area contributed by atoms with Gasteiger partial charge in [-0.2, -0.15) is 0 Å². The lowest BCUT2D eigenvalue weighted by atomic mass is 10.3. The number of carbonyl (C=O) groups is 1. The van der Waals surface area contributed by atoms with Gasteiger partial charge in [-0.25, -0.2) is 14.8 Å². The average Bonchev–Trinajstić information content (AvgIpc) is 2.71. The highest BCUT2D eigenvalue weighted by Crippen LogP contribution is 2.28. The second-order valence-electron chi connectivity index (χ2n) is 3.69. The minimum atomic E-state index is -0.965. The van der Waals surface area contributed by atoms with Gasteiger partial charge < -0.3 is 15.2 Å². The molecule has 2 aromatic rings. The van der Waals surface area contributed by atoms with Crippen molar-refractivity contribution in [1.29, 1.82) is 0 Å². The maximum absolute atomic E-state index is 10.2. The standard InChI is InChI=1S/C11H13N3O3S/c1-7-5-18-10-9(7)13-6-14-11(10)12-2-3-17-4-8(15)16/h5-6H,2-4H2,1H3,(H,15,16)(H,12,13,14). The van der Waals surface area contributed by atoms with Crippen LogP contribution in [0.5, 0.6) is 0 Å². The van der Waals surface area contributed by atoms with Crippen LogP contribution in [0, 0.1) is 6.92 Å². The molecular weight excluding hydrogens is 254 g/mol. The number of hydrogen-bond donors (Lipinski definition) is 2. The van der Waals surface area contributed by atoms with E-state index >= 15 is 0 Å². The number of carboxylic acids is 1. The average molecular weight is 267 g/mol. The summed E-state index contributed by atoms with van der Waals surface area (Å²) in [6, 6.07) is 0. The van der Waals surface area contributed by atoms with Crippen LogP contribution >= 0.6 is 11.3 Å². The maximum atomic E-state index is 10.2. The van der Waals surface area contributed by atoms with Crippen molar-refractivity contribution in [3.63, 3.8) is 0 Å². The Morgan fingerprint density at radius 1 is 1.56 bits per heavy atom. The van der Waals surface area contributed by atoms with Crippen molar-refractivity contribution in [3.8, 4) is 0 Å². The molecule has 0 atom stereocenters. The summed E-state index contributed by atoms with van der Waals surface area (Å²) in [6.07, 6.45) is 1.52. The lowest BCUT2D eigenvalue weighted by Gasteiger charge is -2.06. The fraction of sp³-hybridized carbons (Fsp3) is 0.364. The summed E-state index contributed by atoms with van der Waals surface area (Å²) in [7, 11) is 0.